The topological polar surface area (TPSA) is 67.6 Å². The summed E-state index contributed by atoms with van der Waals surface area (Å²) in [4.78, 5) is 13.1. The Kier molecular flexibility index (Phi) is 4.86. The SMILES string of the molecule is CCN(CC(=O)NN)CC1CCCO1. The van der Waals surface area contributed by atoms with Gasteiger partial charge in [0.2, 0.25) is 5.91 Å². The zero-order valence-electron chi connectivity index (χ0n) is 8.66. The summed E-state index contributed by atoms with van der Waals surface area (Å²) < 4.78 is 5.50. The van der Waals surface area contributed by atoms with Crippen LogP contribution in [0.2, 0.25) is 0 Å². The van der Waals surface area contributed by atoms with Gasteiger partial charge in [-0.2, -0.15) is 0 Å². The Morgan fingerprint density at radius 2 is 2.50 bits per heavy atom. The number of nitrogens with two attached hydrogens (primary N) is 1. The molecule has 0 aromatic rings. The van der Waals surface area contributed by atoms with Crippen molar-refractivity contribution in [2.75, 3.05) is 26.2 Å². The lowest BCUT2D eigenvalue weighted by Gasteiger charge is -2.22. The molecule has 1 rings (SSSR count). The summed E-state index contributed by atoms with van der Waals surface area (Å²) in [5, 5.41) is 0. The Balaban J connectivity index is 2.26. The van der Waals surface area contributed by atoms with Gasteiger partial charge in [0.25, 0.3) is 0 Å². The van der Waals surface area contributed by atoms with Gasteiger partial charge in [0.05, 0.1) is 12.6 Å². The van der Waals surface area contributed by atoms with Gasteiger partial charge in [-0.3, -0.25) is 15.1 Å². The van der Waals surface area contributed by atoms with E-state index in [1.807, 2.05) is 11.8 Å². The van der Waals surface area contributed by atoms with Crippen molar-refractivity contribution in [2.24, 2.45) is 5.84 Å². The molecule has 1 amide bonds. The second-order valence-corrected chi connectivity index (χ2v) is 3.53. The largest absolute Gasteiger partial charge is 0.377 e. The van der Waals surface area contributed by atoms with Crippen molar-refractivity contribution in [3.8, 4) is 0 Å². The minimum Gasteiger partial charge on any atom is -0.377 e. The number of hydrogen-bond donors (Lipinski definition) is 2. The number of hydrogen-bond acceptors (Lipinski definition) is 4. The highest BCUT2D eigenvalue weighted by Crippen LogP contribution is 2.12. The van der Waals surface area contributed by atoms with E-state index in [0.29, 0.717) is 12.6 Å². The van der Waals surface area contributed by atoms with Gasteiger partial charge in [-0.25, -0.2) is 5.84 Å². The minimum absolute atomic E-state index is 0.148. The molecule has 0 aliphatic carbocycles. The van der Waals surface area contributed by atoms with Crippen LogP contribution in [0.5, 0.6) is 0 Å². The summed E-state index contributed by atoms with van der Waals surface area (Å²) in [5.41, 5.74) is 2.13. The van der Waals surface area contributed by atoms with E-state index < -0.39 is 0 Å². The van der Waals surface area contributed by atoms with Crippen LogP contribution in [0.25, 0.3) is 0 Å². The van der Waals surface area contributed by atoms with Crippen LogP contribution in [0, 0.1) is 0 Å². The van der Waals surface area contributed by atoms with Crippen molar-refractivity contribution < 1.29 is 9.53 Å². The van der Waals surface area contributed by atoms with Crippen LogP contribution in [0.3, 0.4) is 0 Å². The normalized spacial score (nSPS) is 21.5. The third-order valence-electron chi connectivity index (χ3n) is 2.46. The van der Waals surface area contributed by atoms with Crippen molar-refractivity contribution >= 4 is 5.91 Å². The Labute approximate surface area is 84.5 Å². The van der Waals surface area contributed by atoms with Crippen LogP contribution < -0.4 is 11.3 Å². The monoisotopic (exact) mass is 201 g/mol. The summed E-state index contributed by atoms with van der Waals surface area (Å²) >= 11 is 0. The van der Waals surface area contributed by atoms with Gasteiger partial charge in [-0.1, -0.05) is 6.92 Å². The molecule has 82 valence electrons. The zero-order valence-corrected chi connectivity index (χ0v) is 8.66. The molecule has 0 spiro atoms. The van der Waals surface area contributed by atoms with Gasteiger partial charge in [0, 0.05) is 13.2 Å². The summed E-state index contributed by atoms with van der Waals surface area (Å²) in [6, 6.07) is 0. The highest BCUT2D eigenvalue weighted by atomic mass is 16.5. The molecular formula is C9H19N3O2. The molecule has 1 saturated heterocycles. The van der Waals surface area contributed by atoms with Crippen LogP contribution in [0.1, 0.15) is 19.8 Å². The quantitative estimate of drug-likeness (QED) is 0.357. The predicted molar refractivity (Wildman–Crippen MR) is 53.4 cm³/mol. The van der Waals surface area contributed by atoms with E-state index in [0.717, 1.165) is 32.5 Å². The molecule has 1 fully saturated rings. The van der Waals surface area contributed by atoms with Gasteiger partial charge in [-0.15, -0.1) is 0 Å². The molecule has 0 radical (unpaired) electrons. The summed E-state index contributed by atoms with van der Waals surface area (Å²) in [6.07, 6.45) is 2.52. The molecule has 0 saturated carbocycles. The van der Waals surface area contributed by atoms with Crippen molar-refractivity contribution in [1.29, 1.82) is 0 Å². The van der Waals surface area contributed by atoms with Crippen molar-refractivity contribution in [2.45, 2.75) is 25.9 Å². The fourth-order valence-electron chi connectivity index (χ4n) is 1.63. The fourth-order valence-corrected chi connectivity index (χ4v) is 1.63. The minimum atomic E-state index is -0.148. The molecule has 1 atom stereocenters. The predicted octanol–water partition coefficient (Wildman–Crippen LogP) is -0.523. The molecule has 1 unspecified atom stereocenters. The second kappa shape index (κ2) is 5.95. The number of carbonyl (C=O) groups is 1. The van der Waals surface area contributed by atoms with Crippen LogP contribution >= 0.6 is 0 Å². The van der Waals surface area contributed by atoms with Gasteiger partial charge in [0.15, 0.2) is 0 Å². The van der Waals surface area contributed by atoms with Crippen molar-refractivity contribution in [1.82, 2.24) is 10.3 Å². The highest BCUT2D eigenvalue weighted by Gasteiger charge is 2.19. The van der Waals surface area contributed by atoms with Crippen LogP contribution in [-0.4, -0.2) is 43.2 Å². The lowest BCUT2D eigenvalue weighted by molar-refractivity contribution is -0.122. The molecule has 1 aliphatic heterocycles. The molecule has 14 heavy (non-hydrogen) atoms. The number of nitrogens with one attached hydrogen (secondary N) is 1. The first kappa shape index (κ1) is 11.4. The molecule has 0 bridgehead atoms. The second-order valence-electron chi connectivity index (χ2n) is 3.53. The van der Waals surface area contributed by atoms with Gasteiger partial charge in [-0.05, 0) is 19.4 Å². The number of ether oxygens (including phenoxy) is 1. The maximum Gasteiger partial charge on any atom is 0.248 e. The molecule has 5 nitrogen and oxygen atoms in total. The maximum absolute atomic E-state index is 11.0. The number of nitrogens with zero attached hydrogens (tertiary/aromatic N) is 1. The third-order valence-corrected chi connectivity index (χ3v) is 2.46. The molecule has 3 N–H and O–H groups in total. The summed E-state index contributed by atoms with van der Waals surface area (Å²) in [6.45, 7) is 4.90. The molecule has 5 heteroatoms. The van der Waals surface area contributed by atoms with E-state index in [-0.39, 0.29) is 5.91 Å². The standard InChI is InChI=1S/C9H19N3O2/c1-2-12(7-9(13)11-10)6-8-4-3-5-14-8/h8H,2-7,10H2,1H3,(H,11,13). The molecular weight excluding hydrogens is 182 g/mol. The third kappa shape index (κ3) is 3.61. The lowest BCUT2D eigenvalue weighted by atomic mass is 10.2. The molecule has 0 aromatic carbocycles. The Morgan fingerprint density at radius 3 is 3.00 bits per heavy atom. The molecule has 0 aromatic heterocycles. The van der Waals surface area contributed by atoms with Crippen molar-refractivity contribution in [3.05, 3.63) is 0 Å². The first-order chi connectivity index (χ1) is 6.76. The molecule has 1 heterocycles. The Bertz CT molecular complexity index is 181. The van der Waals surface area contributed by atoms with E-state index in [4.69, 9.17) is 10.6 Å². The first-order valence-electron chi connectivity index (χ1n) is 5.09. The lowest BCUT2D eigenvalue weighted by Crippen LogP contribution is -2.42. The van der Waals surface area contributed by atoms with E-state index in [1.165, 1.54) is 0 Å². The maximum atomic E-state index is 11.0. The van der Waals surface area contributed by atoms with Crippen molar-refractivity contribution in [3.63, 3.8) is 0 Å². The average molecular weight is 201 g/mol. The zero-order chi connectivity index (χ0) is 10.4. The number of likely N-dealkylation sites (N-methyl/N-ethyl adjacent to an activating group) is 1. The fraction of sp³-hybridized carbons (Fsp3) is 0.889. The number of hydrazine groups is 1. The van der Waals surface area contributed by atoms with Gasteiger partial charge in [0.1, 0.15) is 0 Å². The number of carbonyl (C=O) groups excluding carboxylic acids is 1. The molecule has 1 aliphatic rings. The Morgan fingerprint density at radius 1 is 1.71 bits per heavy atom. The number of amides is 1. The average Bonchev–Trinajstić information content (AvgIpc) is 2.69. The van der Waals surface area contributed by atoms with E-state index in [9.17, 15) is 4.79 Å². The van der Waals surface area contributed by atoms with Crippen LogP contribution in [0.15, 0.2) is 0 Å². The smallest absolute Gasteiger partial charge is 0.248 e. The number of rotatable bonds is 5. The van der Waals surface area contributed by atoms with Gasteiger partial charge >= 0.3 is 0 Å². The van der Waals surface area contributed by atoms with Crippen LogP contribution in [0.4, 0.5) is 0 Å². The highest BCUT2D eigenvalue weighted by molar-refractivity contribution is 5.77. The summed E-state index contributed by atoms with van der Waals surface area (Å²) in [7, 11) is 0. The van der Waals surface area contributed by atoms with E-state index in [2.05, 4.69) is 5.43 Å². The summed E-state index contributed by atoms with van der Waals surface area (Å²) in [5.74, 6) is 4.88. The Hall–Kier alpha value is -0.650. The first-order valence-corrected chi connectivity index (χ1v) is 5.09. The van der Waals surface area contributed by atoms with Crippen LogP contribution in [-0.2, 0) is 9.53 Å². The van der Waals surface area contributed by atoms with E-state index >= 15 is 0 Å². The van der Waals surface area contributed by atoms with Gasteiger partial charge < -0.3 is 4.74 Å². The van der Waals surface area contributed by atoms with E-state index in [1.54, 1.807) is 0 Å².